The smallest absolute Gasteiger partial charge is 0.259 e. The Morgan fingerprint density at radius 2 is 2.20 bits per heavy atom. The molecule has 0 radical (unpaired) electrons. The van der Waals surface area contributed by atoms with Crippen LogP contribution in [0.25, 0.3) is 0 Å². The highest BCUT2D eigenvalue weighted by Crippen LogP contribution is 2.21. The van der Waals surface area contributed by atoms with Crippen LogP contribution in [0.2, 0.25) is 0 Å². The third-order valence-corrected chi connectivity index (χ3v) is 3.25. The summed E-state index contributed by atoms with van der Waals surface area (Å²) in [5, 5.41) is 5.99. The van der Waals surface area contributed by atoms with Crippen LogP contribution in [0.4, 0.5) is 11.5 Å². The van der Waals surface area contributed by atoms with E-state index in [2.05, 4.69) is 43.5 Å². The number of hydrogen-bond donors (Lipinski definition) is 2. The molecule has 20 heavy (non-hydrogen) atoms. The van der Waals surface area contributed by atoms with Crippen LogP contribution in [0.15, 0.2) is 41.3 Å². The highest BCUT2D eigenvalue weighted by Gasteiger charge is 2.13. The van der Waals surface area contributed by atoms with Crippen molar-refractivity contribution >= 4 is 33.3 Å². The largest absolute Gasteiger partial charge is 0.369 e. The van der Waals surface area contributed by atoms with E-state index in [1.165, 1.54) is 0 Å². The second-order valence-electron chi connectivity index (χ2n) is 4.14. The molecule has 0 bridgehead atoms. The fraction of sp³-hybridized carbons (Fsp3) is 0.214. The van der Waals surface area contributed by atoms with Gasteiger partial charge in [0.25, 0.3) is 5.91 Å². The molecule has 2 heterocycles. The summed E-state index contributed by atoms with van der Waals surface area (Å²) in [5.74, 6) is 0.389. The van der Waals surface area contributed by atoms with Gasteiger partial charge in [0.15, 0.2) is 0 Å². The van der Waals surface area contributed by atoms with E-state index in [9.17, 15) is 4.79 Å². The topological polar surface area (TPSA) is 66.9 Å². The van der Waals surface area contributed by atoms with Gasteiger partial charge in [-0.3, -0.25) is 9.78 Å². The van der Waals surface area contributed by atoms with Crippen LogP contribution in [-0.4, -0.2) is 22.4 Å². The first-order chi connectivity index (χ1) is 9.72. The lowest BCUT2D eigenvalue weighted by Crippen LogP contribution is -2.16. The van der Waals surface area contributed by atoms with E-state index in [-0.39, 0.29) is 5.91 Å². The molecule has 0 saturated heterocycles. The van der Waals surface area contributed by atoms with Gasteiger partial charge in [-0.15, -0.1) is 0 Å². The zero-order chi connectivity index (χ0) is 14.4. The summed E-state index contributed by atoms with van der Waals surface area (Å²) in [6, 6.07) is 5.22. The van der Waals surface area contributed by atoms with E-state index in [1.54, 1.807) is 36.8 Å². The molecule has 0 aliphatic heterocycles. The molecule has 0 aliphatic carbocycles. The molecule has 2 aromatic rings. The van der Waals surface area contributed by atoms with Gasteiger partial charge >= 0.3 is 0 Å². The average Bonchev–Trinajstić information content (AvgIpc) is 2.47. The number of anilines is 2. The quantitative estimate of drug-likeness (QED) is 0.880. The summed E-state index contributed by atoms with van der Waals surface area (Å²) < 4.78 is 0.736. The first-order valence-electron chi connectivity index (χ1n) is 6.32. The van der Waals surface area contributed by atoms with Gasteiger partial charge in [0, 0.05) is 25.1 Å². The van der Waals surface area contributed by atoms with Crippen molar-refractivity contribution in [2.24, 2.45) is 0 Å². The van der Waals surface area contributed by atoms with Crippen LogP contribution in [0.5, 0.6) is 0 Å². The molecule has 0 fully saturated rings. The molecule has 0 atom stereocenters. The van der Waals surface area contributed by atoms with Crippen molar-refractivity contribution in [1.29, 1.82) is 0 Å². The minimum atomic E-state index is -0.205. The fourth-order valence-corrected chi connectivity index (χ4v) is 1.99. The molecule has 5 nitrogen and oxygen atoms in total. The second-order valence-corrected chi connectivity index (χ2v) is 4.99. The van der Waals surface area contributed by atoms with Crippen LogP contribution in [0, 0.1) is 0 Å². The van der Waals surface area contributed by atoms with Gasteiger partial charge in [0.1, 0.15) is 5.82 Å². The zero-order valence-corrected chi connectivity index (χ0v) is 12.6. The lowest BCUT2D eigenvalue weighted by molar-refractivity contribution is 0.102. The Morgan fingerprint density at radius 1 is 1.35 bits per heavy atom. The summed E-state index contributed by atoms with van der Waals surface area (Å²) in [6.45, 7) is 2.83. The van der Waals surface area contributed by atoms with Gasteiger partial charge in [-0.25, -0.2) is 4.98 Å². The number of pyridine rings is 2. The maximum atomic E-state index is 12.3. The predicted octanol–water partition coefficient (Wildman–Crippen LogP) is 3.31. The molecule has 104 valence electrons. The van der Waals surface area contributed by atoms with Crippen molar-refractivity contribution in [3.05, 3.63) is 46.8 Å². The molecule has 6 heteroatoms. The Kier molecular flexibility index (Phi) is 5.06. The Balaban J connectivity index is 2.19. The summed E-state index contributed by atoms with van der Waals surface area (Å²) in [5.41, 5.74) is 1.19. The molecule has 2 N–H and O–H groups in total. The van der Waals surface area contributed by atoms with Gasteiger partial charge in [0.2, 0.25) is 0 Å². The van der Waals surface area contributed by atoms with E-state index < -0.39 is 0 Å². The molecule has 2 rings (SSSR count). The minimum absolute atomic E-state index is 0.205. The van der Waals surface area contributed by atoms with E-state index in [0.29, 0.717) is 17.1 Å². The lowest BCUT2D eigenvalue weighted by Gasteiger charge is -2.11. The van der Waals surface area contributed by atoms with Crippen molar-refractivity contribution in [2.75, 3.05) is 17.2 Å². The predicted molar refractivity (Wildman–Crippen MR) is 82.9 cm³/mol. The Morgan fingerprint density at radius 3 is 2.95 bits per heavy atom. The van der Waals surface area contributed by atoms with Crippen LogP contribution in [0.3, 0.4) is 0 Å². The van der Waals surface area contributed by atoms with E-state index in [0.717, 1.165) is 17.4 Å². The van der Waals surface area contributed by atoms with Crippen LogP contribution in [0.1, 0.15) is 23.7 Å². The second kappa shape index (κ2) is 7.00. The molecule has 1 amide bonds. The van der Waals surface area contributed by atoms with Gasteiger partial charge in [-0.1, -0.05) is 6.92 Å². The fourth-order valence-electron chi connectivity index (χ4n) is 1.64. The van der Waals surface area contributed by atoms with E-state index >= 15 is 0 Å². The number of amides is 1. The number of hydrogen-bond acceptors (Lipinski definition) is 4. The standard InChI is InChI=1S/C14H15BrN4O/c1-2-6-17-13-10(4-3-7-18-13)14(20)19-12-5-8-16-9-11(12)15/h3-5,7-9H,2,6H2,1H3,(H,17,18)(H,16,19,20). The highest BCUT2D eigenvalue weighted by molar-refractivity contribution is 9.10. The number of rotatable bonds is 5. The van der Waals surface area contributed by atoms with Gasteiger partial charge in [-0.05, 0) is 40.5 Å². The first-order valence-corrected chi connectivity index (χ1v) is 7.11. The number of carbonyl (C=O) groups is 1. The van der Waals surface area contributed by atoms with Gasteiger partial charge < -0.3 is 10.6 Å². The Labute approximate surface area is 126 Å². The van der Waals surface area contributed by atoms with Gasteiger partial charge in [-0.2, -0.15) is 0 Å². The Bertz CT molecular complexity index is 603. The highest BCUT2D eigenvalue weighted by atomic mass is 79.9. The molecule has 0 saturated carbocycles. The molecule has 0 spiro atoms. The summed E-state index contributed by atoms with van der Waals surface area (Å²) in [7, 11) is 0. The van der Waals surface area contributed by atoms with Crippen molar-refractivity contribution in [1.82, 2.24) is 9.97 Å². The van der Waals surface area contributed by atoms with Crippen molar-refractivity contribution in [3.63, 3.8) is 0 Å². The van der Waals surface area contributed by atoms with E-state index in [4.69, 9.17) is 0 Å². The van der Waals surface area contributed by atoms with E-state index in [1.807, 2.05) is 0 Å². The van der Waals surface area contributed by atoms with Crippen LogP contribution >= 0.6 is 15.9 Å². The summed E-state index contributed by atoms with van der Waals surface area (Å²) in [6.07, 6.45) is 5.89. The molecular weight excluding hydrogens is 320 g/mol. The maximum Gasteiger partial charge on any atom is 0.259 e. The number of nitrogens with one attached hydrogen (secondary N) is 2. The molecule has 0 unspecified atom stereocenters. The maximum absolute atomic E-state index is 12.3. The first kappa shape index (κ1) is 14.5. The number of carbonyl (C=O) groups excluding carboxylic acids is 1. The number of halogens is 1. The summed E-state index contributed by atoms with van der Waals surface area (Å²) >= 11 is 3.35. The summed E-state index contributed by atoms with van der Waals surface area (Å²) in [4.78, 5) is 20.5. The SMILES string of the molecule is CCCNc1ncccc1C(=O)Nc1ccncc1Br. The average molecular weight is 335 g/mol. The third kappa shape index (κ3) is 3.54. The van der Waals surface area contributed by atoms with Crippen LogP contribution in [-0.2, 0) is 0 Å². The molecule has 0 aromatic carbocycles. The van der Waals surface area contributed by atoms with Crippen molar-refractivity contribution in [3.8, 4) is 0 Å². The molecule has 0 aliphatic rings. The Hall–Kier alpha value is -1.95. The lowest BCUT2D eigenvalue weighted by atomic mass is 10.2. The van der Waals surface area contributed by atoms with Crippen LogP contribution < -0.4 is 10.6 Å². The monoisotopic (exact) mass is 334 g/mol. The normalized spacial score (nSPS) is 10.1. The molecule has 2 aromatic heterocycles. The zero-order valence-electron chi connectivity index (χ0n) is 11.1. The molecular formula is C14H15BrN4O. The van der Waals surface area contributed by atoms with Crippen molar-refractivity contribution < 1.29 is 4.79 Å². The number of nitrogens with zero attached hydrogens (tertiary/aromatic N) is 2. The minimum Gasteiger partial charge on any atom is -0.369 e. The van der Waals surface area contributed by atoms with Crippen molar-refractivity contribution in [2.45, 2.75) is 13.3 Å². The number of aromatic nitrogens is 2. The third-order valence-electron chi connectivity index (χ3n) is 2.62. The van der Waals surface area contributed by atoms with Gasteiger partial charge in [0.05, 0.1) is 15.7 Å².